The van der Waals surface area contributed by atoms with Crippen molar-refractivity contribution in [2.45, 2.75) is 19.9 Å². The molecule has 110 valence electrons. The second-order valence-corrected chi connectivity index (χ2v) is 5.65. The number of aryl methyl sites for hydroxylation is 1. The second kappa shape index (κ2) is 6.22. The summed E-state index contributed by atoms with van der Waals surface area (Å²) in [5.74, 6) is -0.244. The first-order valence-electron chi connectivity index (χ1n) is 6.35. The van der Waals surface area contributed by atoms with Gasteiger partial charge in [0.25, 0.3) is 5.69 Å². The molecule has 0 saturated carbocycles. The molecule has 0 aliphatic carbocycles. The number of hydrogen-bond donors (Lipinski definition) is 1. The largest absolute Gasteiger partial charge is 0.378 e. The predicted molar refractivity (Wildman–Crippen MR) is 84.0 cm³/mol. The van der Waals surface area contributed by atoms with Gasteiger partial charge in [0.15, 0.2) is 0 Å². The molecule has 0 aliphatic rings. The number of hydrogen-bond acceptors (Lipinski definition) is 3. The molecule has 2 rings (SSSR count). The minimum Gasteiger partial charge on any atom is -0.378 e. The molecule has 0 bridgehead atoms. The fraction of sp³-hybridized carbons (Fsp3) is 0.200. The average Bonchev–Trinajstić information content (AvgIpc) is 2.41. The number of halogens is 2. The molecule has 2 aromatic rings. The fourth-order valence-corrected chi connectivity index (χ4v) is 2.48. The van der Waals surface area contributed by atoms with E-state index in [1.54, 1.807) is 25.1 Å². The van der Waals surface area contributed by atoms with Crippen LogP contribution >= 0.6 is 15.9 Å². The zero-order chi connectivity index (χ0) is 15.6. The van der Waals surface area contributed by atoms with E-state index in [1.807, 2.05) is 13.0 Å². The van der Waals surface area contributed by atoms with Crippen LogP contribution in [-0.2, 0) is 0 Å². The molecule has 0 spiro atoms. The molecule has 1 unspecified atom stereocenters. The van der Waals surface area contributed by atoms with Crippen LogP contribution in [0.3, 0.4) is 0 Å². The van der Waals surface area contributed by atoms with Crippen LogP contribution in [0.25, 0.3) is 0 Å². The Hall–Kier alpha value is -1.95. The summed E-state index contributed by atoms with van der Waals surface area (Å²) in [4.78, 5) is 10.3. The van der Waals surface area contributed by atoms with Gasteiger partial charge in [0, 0.05) is 17.8 Å². The van der Waals surface area contributed by atoms with Crippen LogP contribution in [0.2, 0.25) is 0 Å². The van der Waals surface area contributed by atoms with Crippen LogP contribution < -0.4 is 5.32 Å². The molecule has 2 aromatic carbocycles. The van der Waals surface area contributed by atoms with Gasteiger partial charge in [-0.15, -0.1) is 0 Å². The van der Waals surface area contributed by atoms with Gasteiger partial charge in [-0.05, 0) is 59.1 Å². The Balaban J connectivity index is 2.19. The Kier molecular flexibility index (Phi) is 4.57. The lowest BCUT2D eigenvalue weighted by Gasteiger charge is -2.16. The average molecular weight is 353 g/mol. The highest BCUT2D eigenvalue weighted by Gasteiger charge is 2.13. The van der Waals surface area contributed by atoms with Crippen molar-refractivity contribution in [1.82, 2.24) is 0 Å². The van der Waals surface area contributed by atoms with Gasteiger partial charge in [-0.3, -0.25) is 10.1 Å². The Labute approximate surface area is 130 Å². The standard InChI is InChI=1S/C15H14BrFN2O2/c1-9-3-4-11(7-14(9)17)10(2)18-12-5-6-15(19(20)21)13(16)8-12/h3-8,10,18H,1-2H3. The van der Waals surface area contributed by atoms with Crippen molar-refractivity contribution in [1.29, 1.82) is 0 Å². The quantitative estimate of drug-likeness (QED) is 0.623. The molecule has 6 heteroatoms. The van der Waals surface area contributed by atoms with E-state index in [1.165, 1.54) is 12.1 Å². The van der Waals surface area contributed by atoms with Gasteiger partial charge >= 0.3 is 0 Å². The molecule has 0 aromatic heterocycles. The second-order valence-electron chi connectivity index (χ2n) is 4.80. The summed E-state index contributed by atoms with van der Waals surface area (Å²) in [6, 6.07) is 9.66. The van der Waals surface area contributed by atoms with Crippen LogP contribution in [0, 0.1) is 22.9 Å². The van der Waals surface area contributed by atoms with Gasteiger partial charge in [0.05, 0.1) is 9.40 Å². The van der Waals surface area contributed by atoms with Crippen LogP contribution in [0.15, 0.2) is 40.9 Å². The first kappa shape index (κ1) is 15.4. The van der Waals surface area contributed by atoms with Crippen molar-refractivity contribution in [2.75, 3.05) is 5.32 Å². The minimum atomic E-state index is -0.452. The molecule has 0 aliphatic heterocycles. The van der Waals surface area contributed by atoms with E-state index in [9.17, 15) is 14.5 Å². The van der Waals surface area contributed by atoms with E-state index < -0.39 is 4.92 Å². The van der Waals surface area contributed by atoms with E-state index >= 15 is 0 Å². The number of nitrogens with zero attached hydrogens (tertiary/aromatic N) is 1. The van der Waals surface area contributed by atoms with Gasteiger partial charge in [0.2, 0.25) is 0 Å². The van der Waals surface area contributed by atoms with Crippen LogP contribution in [0.4, 0.5) is 15.8 Å². The third kappa shape index (κ3) is 3.58. The SMILES string of the molecule is Cc1ccc(C(C)Nc2ccc([N+](=O)[O-])c(Br)c2)cc1F. The Bertz CT molecular complexity index is 691. The molecule has 0 fully saturated rings. The first-order valence-corrected chi connectivity index (χ1v) is 7.14. The molecule has 0 radical (unpaired) electrons. The number of benzene rings is 2. The maximum absolute atomic E-state index is 13.6. The Morgan fingerprint density at radius 2 is 2.00 bits per heavy atom. The molecule has 4 nitrogen and oxygen atoms in total. The monoisotopic (exact) mass is 352 g/mol. The van der Waals surface area contributed by atoms with Crippen molar-refractivity contribution in [2.24, 2.45) is 0 Å². The molecular weight excluding hydrogens is 339 g/mol. The summed E-state index contributed by atoms with van der Waals surface area (Å²) in [6.07, 6.45) is 0. The lowest BCUT2D eigenvalue weighted by molar-refractivity contribution is -0.385. The Morgan fingerprint density at radius 1 is 1.29 bits per heavy atom. The van der Waals surface area contributed by atoms with E-state index in [4.69, 9.17) is 0 Å². The topological polar surface area (TPSA) is 55.2 Å². The third-order valence-corrected chi connectivity index (χ3v) is 3.86. The highest BCUT2D eigenvalue weighted by Crippen LogP contribution is 2.29. The highest BCUT2D eigenvalue weighted by atomic mass is 79.9. The van der Waals surface area contributed by atoms with E-state index in [2.05, 4.69) is 21.2 Å². The summed E-state index contributed by atoms with van der Waals surface area (Å²) >= 11 is 3.17. The number of nitrogens with one attached hydrogen (secondary N) is 1. The molecular formula is C15H14BrFN2O2. The van der Waals surface area contributed by atoms with Crippen molar-refractivity contribution in [3.05, 3.63) is 67.9 Å². The minimum absolute atomic E-state index is 0.00887. The first-order chi connectivity index (χ1) is 9.88. The summed E-state index contributed by atoms with van der Waals surface area (Å²) in [5, 5.41) is 14.0. The maximum atomic E-state index is 13.6. The van der Waals surface area contributed by atoms with Crippen molar-refractivity contribution < 1.29 is 9.31 Å². The van der Waals surface area contributed by atoms with E-state index in [0.717, 1.165) is 11.3 Å². The third-order valence-electron chi connectivity index (χ3n) is 3.22. The summed E-state index contributed by atoms with van der Waals surface area (Å²) in [7, 11) is 0. The van der Waals surface area contributed by atoms with Crippen LogP contribution in [0.1, 0.15) is 24.1 Å². The van der Waals surface area contributed by atoms with Crippen LogP contribution in [0.5, 0.6) is 0 Å². The van der Waals surface area contributed by atoms with Crippen molar-refractivity contribution in [3.8, 4) is 0 Å². The number of rotatable bonds is 4. The zero-order valence-corrected chi connectivity index (χ0v) is 13.1. The van der Waals surface area contributed by atoms with Gasteiger partial charge in [-0.2, -0.15) is 0 Å². The summed E-state index contributed by atoms with van der Waals surface area (Å²) in [6.45, 7) is 3.62. The normalized spacial score (nSPS) is 12.0. The van der Waals surface area contributed by atoms with Gasteiger partial charge < -0.3 is 5.32 Å². The smallest absolute Gasteiger partial charge is 0.283 e. The maximum Gasteiger partial charge on any atom is 0.283 e. The highest BCUT2D eigenvalue weighted by molar-refractivity contribution is 9.10. The van der Waals surface area contributed by atoms with Gasteiger partial charge in [-0.25, -0.2) is 4.39 Å². The predicted octanol–water partition coefficient (Wildman–Crippen LogP) is 4.98. The molecule has 0 saturated heterocycles. The molecule has 0 heterocycles. The van der Waals surface area contributed by atoms with E-state index in [0.29, 0.717) is 10.0 Å². The van der Waals surface area contributed by atoms with Crippen molar-refractivity contribution >= 4 is 27.3 Å². The van der Waals surface area contributed by atoms with Gasteiger partial charge in [0.1, 0.15) is 5.82 Å². The van der Waals surface area contributed by atoms with E-state index in [-0.39, 0.29) is 17.5 Å². The summed E-state index contributed by atoms with van der Waals surface area (Å²) in [5.41, 5.74) is 2.15. The van der Waals surface area contributed by atoms with Gasteiger partial charge in [-0.1, -0.05) is 12.1 Å². The van der Waals surface area contributed by atoms with Crippen molar-refractivity contribution in [3.63, 3.8) is 0 Å². The lowest BCUT2D eigenvalue weighted by atomic mass is 10.1. The number of nitro groups is 1. The molecule has 1 atom stereocenters. The lowest BCUT2D eigenvalue weighted by Crippen LogP contribution is -2.07. The Morgan fingerprint density at radius 3 is 2.57 bits per heavy atom. The fourth-order valence-electron chi connectivity index (χ4n) is 1.96. The number of nitro benzene ring substituents is 1. The zero-order valence-electron chi connectivity index (χ0n) is 11.6. The molecule has 0 amide bonds. The van der Waals surface area contributed by atoms with Crippen LogP contribution in [-0.4, -0.2) is 4.92 Å². The number of anilines is 1. The molecule has 21 heavy (non-hydrogen) atoms. The summed E-state index contributed by atoms with van der Waals surface area (Å²) < 4.78 is 14.0. The molecule has 1 N–H and O–H groups in total.